The summed E-state index contributed by atoms with van der Waals surface area (Å²) in [6.45, 7) is 16.1. The van der Waals surface area contributed by atoms with Crippen LogP contribution in [0.5, 0.6) is 0 Å². The van der Waals surface area contributed by atoms with Crippen LogP contribution < -0.4 is 10.6 Å². The van der Waals surface area contributed by atoms with Crippen LogP contribution in [0.15, 0.2) is 4.99 Å². The molecule has 0 aromatic carbocycles. The number of likely N-dealkylation sites (tertiary alicyclic amines) is 1. The summed E-state index contributed by atoms with van der Waals surface area (Å²) in [6.07, 6.45) is 4.91. The van der Waals surface area contributed by atoms with Crippen LogP contribution in [0.4, 0.5) is 0 Å². The maximum atomic E-state index is 5.85. The number of nitrogens with one attached hydrogen (secondary N) is 2. The lowest BCUT2D eigenvalue weighted by molar-refractivity contribution is 0.0283. The first-order valence-electron chi connectivity index (χ1n) is 9.89. The second-order valence-electron chi connectivity index (χ2n) is 8.14. The molecule has 2 saturated heterocycles. The lowest BCUT2D eigenvalue weighted by Gasteiger charge is -2.34. The predicted molar refractivity (Wildman–Crippen MR) is 117 cm³/mol. The van der Waals surface area contributed by atoms with Crippen LogP contribution in [0.1, 0.15) is 53.4 Å². The highest BCUT2D eigenvalue weighted by molar-refractivity contribution is 14.0. The van der Waals surface area contributed by atoms with Gasteiger partial charge in [-0.2, -0.15) is 0 Å². The first kappa shape index (κ1) is 23.0. The first-order chi connectivity index (χ1) is 11.5. The van der Waals surface area contributed by atoms with Gasteiger partial charge in [-0.15, -0.1) is 24.0 Å². The van der Waals surface area contributed by atoms with E-state index in [2.05, 4.69) is 43.2 Å². The second kappa shape index (κ2) is 11.6. The highest BCUT2D eigenvalue weighted by atomic mass is 127. The molecule has 25 heavy (non-hydrogen) atoms. The fourth-order valence-electron chi connectivity index (χ4n) is 3.79. The lowest BCUT2D eigenvalue weighted by atomic mass is 9.97. The van der Waals surface area contributed by atoms with E-state index in [4.69, 9.17) is 9.73 Å². The number of ether oxygens (including phenoxy) is 1. The molecule has 2 heterocycles. The van der Waals surface area contributed by atoms with Crippen LogP contribution >= 0.6 is 24.0 Å². The van der Waals surface area contributed by atoms with Crippen LogP contribution in [0.25, 0.3) is 0 Å². The zero-order valence-corrected chi connectivity index (χ0v) is 19.0. The topological polar surface area (TPSA) is 48.9 Å². The summed E-state index contributed by atoms with van der Waals surface area (Å²) in [7, 11) is 0. The monoisotopic (exact) mass is 466 g/mol. The van der Waals surface area contributed by atoms with E-state index in [1.165, 1.54) is 32.5 Å². The van der Waals surface area contributed by atoms with Crippen molar-refractivity contribution in [3.05, 3.63) is 0 Å². The van der Waals surface area contributed by atoms with Gasteiger partial charge in [0.1, 0.15) is 0 Å². The summed E-state index contributed by atoms with van der Waals surface area (Å²) in [5.41, 5.74) is -0.0682. The highest BCUT2D eigenvalue weighted by Crippen LogP contribution is 2.25. The summed E-state index contributed by atoms with van der Waals surface area (Å²) in [5, 5.41) is 6.94. The average molecular weight is 466 g/mol. The van der Waals surface area contributed by atoms with Gasteiger partial charge < -0.3 is 20.3 Å². The highest BCUT2D eigenvalue weighted by Gasteiger charge is 2.29. The Bertz CT molecular complexity index is 397. The summed E-state index contributed by atoms with van der Waals surface area (Å²) in [4.78, 5) is 7.40. The molecule has 2 atom stereocenters. The van der Waals surface area contributed by atoms with Crippen molar-refractivity contribution in [1.82, 2.24) is 15.5 Å². The maximum Gasteiger partial charge on any atom is 0.191 e. The number of piperidine rings is 1. The van der Waals surface area contributed by atoms with Crippen molar-refractivity contribution in [2.75, 3.05) is 45.9 Å². The van der Waals surface area contributed by atoms with Crippen molar-refractivity contribution in [3.8, 4) is 0 Å². The summed E-state index contributed by atoms with van der Waals surface area (Å²) in [5.74, 6) is 2.41. The molecule has 0 spiro atoms. The Morgan fingerprint density at radius 3 is 2.76 bits per heavy atom. The fourth-order valence-corrected chi connectivity index (χ4v) is 3.79. The van der Waals surface area contributed by atoms with E-state index in [1.54, 1.807) is 0 Å². The average Bonchev–Trinajstić information content (AvgIpc) is 2.97. The van der Waals surface area contributed by atoms with Crippen molar-refractivity contribution in [3.63, 3.8) is 0 Å². The molecule has 0 bridgehead atoms. The first-order valence-corrected chi connectivity index (χ1v) is 9.89. The molecule has 0 amide bonds. The van der Waals surface area contributed by atoms with Crippen molar-refractivity contribution in [2.45, 2.75) is 59.0 Å². The number of halogens is 1. The Morgan fingerprint density at radius 2 is 2.12 bits per heavy atom. The molecule has 2 aliphatic heterocycles. The Kier molecular flexibility index (Phi) is 10.6. The van der Waals surface area contributed by atoms with Gasteiger partial charge in [-0.25, -0.2) is 0 Å². The molecule has 2 fully saturated rings. The van der Waals surface area contributed by atoms with Crippen LogP contribution in [0, 0.1) is 11.8 Å². The molecule has 0 saturated carbocycles. The molecule has 2 unspecified atom stereocenters. The Hall–Kier alpha value is -0.0800. The van der Waals surface area contributed by atoms with E-state index in [9.17, 15) is 0 Å². The van der Waals surface area contributed by atoms with Gasteiger partial charge >= 0.3 is 0 Å². The van der Waals surface area contributed by atoms with E-state index in [-0.39, 0.29) is 29.6 Å². The number of nitrogens with zero attached hydrogens (tertiary/aromatic N) is 2. The van der Waals surface area contributed by atoms with Crippen molar-refractivity contribution >= 4 is 29.9 Å². The zero-order chi connectivity index (χ0) is 17.4. The van der Waals surface area contributed by atoms with Gasteiger partial charge in [0.05, 0.1) is 12.1 Å². The van der Waals surface area contributed by atoms with E-state index in [0.717, 1.165) is 56.9 Å². The molecule has 0 aromatic rings. The summed E-state index contributed by atoms with van der Waals surface area (Å²) in [6, 6.07) is 0. The lowest BCUT2D eigenvalue weighted by Crippen LogP contribution is -2.45. The van der Waals surface area contributed by atoms with Crippen LogP contribution in [-0.2, 0) is 4.74 Å². The quantitative estimate of drug-likeness (QED) is 0.344. The molecule has 0 radical (unpaired) electrons. The van der Waals surface area contributed by atoms with Gasteiger partial charge in [-0.3, -0.25) is 4.99 Å². The Labute approximate surface area is 171 Å². The third kappa shape index (κ3) is 8.43. The SMILES string of the molecule is CCNC(=NCC1(C)CCCO1)NCC1CCCN(CC(C)C)C1.I. The molecular formula is C19H39IN4O. The molecular weight excluding hydrogens is 427 g/mol. The van der Waals surface area contributed by atoms with Crippen molar-refractivity contribution in [1.29, 1.82) is 0 Å². The van der Waals surface area contributed by atoms with E-state index < -0.39 is 0 Å². The molecule has 6 heteroatoms. The number of guanidine groups is 1. The van der Waals surface area contributed by atoms with Crippen molar-refractivity contribution in [2.24, 2.45) is 16.8 Å². The zero-order valence-electron chi connectivity index (χ0n) is 16.6. The number of hydrogen-bond donors (Lipinski definition) is 2. The van der Waals surface area contributed by atoms with Gasteiger partial charge in [0.15, 0.2) is 5.96 Å². The number of rotatable bonds is 7. The molecule has 0 aromatic heterocycles. The predicted octanol–water partition coefficient (Wildman–Crippen LogP) is 3.10. The van der Waals surface area contributed by atoms with Gasteiger partial charge in [0, 0.05) is 32.8 Å². The molecule has 2 N–H and O–H groups in total. The van der Waals surface area contributed by atoms with Gasteiger partial charge in [0.2, 0.25) is 0 Å². The van der Waals surface area contributed by atoms with E-state index in [1.807, 2.05) is 0 Å². The molecule has 2 rings (SSSR count). The smallest absolute Gasteiger partial charge is 0.191 e. The van der Waals surface area contributed by atoms with E-state index >= 15 is 0 Å². The minimum absolute atomic E-state index is 0. The minimum Gasteiger partial charge on any atom is -0.373 e. The maximum absolute atomic E-state index is 5.85. The molecule has 2 aliphatic rings. The normalized spacial score (nSPS) is 28.0. The van der Waals surface area contributed by atoms with Gasteiger partial charge in [-0.05, 0) is 57.9 Å². The Balaban J connectivity index is 0.00000312. The fraction of sp³-hybridized carbons (Fsp3) is 0.947. The summed E-state index contributed by atoms with van der Waals surface area (Å²) >= 11 is 0. The molecule has 148 valence electrons. The van der Waals surface area contributed by atoms with E-state index in [0.29, 0.717) is 0 Å². The standard InChI is InChI=1S/C19H38N4O.HI/c1-5-20-18(22-15-19(4)9-7-11-24-19)21-12-17-8-6-10-23(14-17)13-16(2)3;/h16-17H,5-15H2,1-4H3,(H2,20,21,22);1H. The van der Waals surface area contributed by atoms with Crippen LogP contribution in [-0.4, -0.2) is 62.3 Å². The minimum atomic E-state index is -0.0682. The number of aliphatic imine (C=N–C) groups is 1. The van der Waals surface area contributed by atoms with Crippen molar-refractivity contribution < 1.29 is 4.74 Å². The third-order valence-electron chi connectivity index (χ3n) is 5.00. The Morgan fingerprint density at radius 1 is 1.32 bits per heavy atom. The van der Waals surface area contributed by atoms with Crippen LogP contribution in [0.3, 0.4) is 0 Å². The molecule has 5 nitrogen and oxygen atoms in total. The van der Waals surface area contributed by atoms with Gasteiger partial charge in [-0.1, -0.05) is 13.8 Å². The third-order valence-corrected chi connectivity index (χ3v) is 5.00. The number of hydrogen-bond acceptors (Lipinski definition) is 3. The van der Waals surface area contributed by atoms with Crippen LogP contribution in [0.2, 0.25) is 0 Å². The van der Waals surface area contributed by atoms with Gasteiger partial charge in [0.25, 0.3) is 0 Å². The second-order valence-corrected chi connectivity index (χ2v) is 8.14. The molecule has 0 aliphatic carbocycles. The summed E-state index contributed by atoms with van der Waals surface area (Å²) < 4.78 is 5.85. The largest absolute Gasteiger partial charge is 0.373 e.